The number of anilines is 3. The number of rotatable bonds is 3. The number of amides is 3. The average Bonchev–Trinajstić information content (AvgIpc) is 3.64. The number of pyridine rings is 1. The fraction of sp³-hybridized carbons (Fsp3) is 0.333. The van der Waals surface area contributed by atoms with Crippen LogP contribution in [0.1, 0.15) is 60.4 Å². The van der Waals surface area contributed by atoms with Crippen molar-refractivity contribution in [1.82, 2.24) is 9.88 Å². The number of hydrogen-bond acceptors (Lipinski definition) is 6. The molecule has 3 aliphatic heterocycles. The molecule has 0 unspecified atom stereocenters. The summed E-state index contributed by atoms with van der Waals surface area (Å²) in [7, 11) is 1.74. The van der Waals surface area contributed by atoms with E-state index >= 15 is 0 Å². The van der Waals surface area contributed by atoms with E-state index in [0.29, 0.717) is 16.8 Å². The molecule has 4 heterocycles. The number of ether oxygens (including phenoxy) is 1. The minimum atomic E-state index is -0.770. The monoisotopic (exact) mass is 619 g/mol. The van der Waals surface area contributed by atoms with Crippen LogP contribution in [-0.4, -0.2) is 47.5 Å². The SMILES string of the molecule is Cc1cc2ccc1[C@@H](C)COC(=O)Nc1ccc(N3C(=O)[C@H]4CC[C@@H]3C4)c(c1)CN(C)C(=O)[C@@H]2Nc1ccc2cc[nH]c(=O)c2c1. The molecule has 1 saturated heterocycles. The van der Waals surface area contributed by atoms with Crippen LogP contribution in [0.25, 0.3) is 10.8 Å². The second kappa shape index (κ2) is 11.7. The number of piperidine rings is 1. The molecule has 1 aromatic heterocycles. The third kappa shape index (κ3) is 5.37. The van der Waals surface area contributed by atoms with Gasteiger partial charge in [0.05, 0.1) is 6.61 Å². The maximum atomic E-state index is 14.4. The third-order valence-electron chi connectivity index (χ3n) is 9.68. The number of H-pyrrole nitrogens is 1. The minimum absolute atomic E-state index is 0.0338. The van der Waals surface area contributed by atoms with Crippen LogP contribution < -0.4 is 21.1 Å². The van der Waals surface area contributed by atoms with Crippen molar-refractivity contribution in [3.05, 3.63) is 99.5 Å². The smallest absolute Gasteiger partial charge is 0.411 e. The molecule has 3 N–H and O–H groups in total. The Balaban J connectivity index is 1.30. The Bertz CT molecular complexity index is 1940. The van der Waals surface area contributed by atoms with E-state index in [1.807, 2.05) is 67.3 Å². The van der Waals surface area contributed by atoms with E-state index < -0.39 is 12.1 Å². The highest BCUT2D eigenvalue weighted by Gasteiger charge is 2.46. The van der Waals surface area contributed by atoms with E-state index in [4.69, 9.17) is 4.74 Å². The molecule has 4 aliphatic rings. The first-order chi connectivity index (χ1) is 22.2. The average molecular weight is 620 g/mol. The van der Waals surface area contributed by atoms with Crippen molar-refractivity contribution in [3.63, 3.8) is 0 Å². The summed E-state index contributed by atoms with van der Waals surface area (Å²) in [4.78, 5) is 59.4. The number of carbonyl (C=O) groups is 3. The Morgan fingerprint density at radius 1 is 0.935 bits per heavy atom. The number of likely N-dealkylation sites (N-methyl/N-ethyl adjacent to an activating group) is 1. The Morgan fingerprint density at radius 2 is 1.78 bits per heavy atom. The number of fused-ring (bicyclic) bond motifs is 12. The second-order valence-electron chi connectivity index (χ2n) is 12.8. The molecule has 10 nitrogen and oxygen atoms in total. The molecule has 8 rings (SSSR count). The topological polar surface area (TPSA) is 124 Å². The van der Waals surface area contributed by atoms with Crippen LogP contribution in [0.15, 0.2) is 71.7 Å². The molecule has 4 atom stereocenters. The molecule has 4 aromatic rings. The van der Waals surface area contributed by atoms with Gasteiger partial charge in [0.15, 0.2) is 0 Å². The second-order valence-corrected chi connectivity index (χ2v) is 12.8. The first-order valence-corrected chi connectivity index (χ1v) is 15.8. The number of aromatic nitrogens is 1. The highest BCUT2D eigenvalue weighted by Crippen LogP contribution is 2.43. The van der Waals surface area contributed by atoms with Gasteiger partial charge >= 0.3 is 6.09 Å². The molecule has 3 amide bonds. The number of nitrogens with zero attached hydrogens (tertiary/aromatic N) is 2. The van der Waals surface area contributed by atoms with Crippen molar-refractivity contribution in [3.8, 4) is 0 Å². The largest absolute Gasteiger partial charge is 0.449 e. The van der Waals surface area contributed by atoms with Crippen LogP contribution in [0.4, 0.5) is 21.9 Å². The summed E-state index contributed by atoms with van der Waals surface area (Å²) >= 11 is 0. The number of benzene rings is 3. The lowest BCUT2D eigenvalue weighted by molar-refractivity contribution is -0.131. The molecule has 236 valence electrons. The predicted octanol–water partition coefficient (Wildman–Crippen LogP) is 5.83. The summed E-state index contributed by atoms with van der Waals surface area (Å²) in [6.07, 6.45) is 3.75. The summed E-state index contributed by atoms with van der Waals surface area (Å²) in [6, 6.07) is 18.0. The Labute approximate surface area is 266 Å². The summed E-state index contributed by atoms with van der Waals surface area (Å²) in [5, 5.41) is 7.58. The van der Waals surface area contributed by atoms with Crippen LogP contribution in [0.3, 0.4) is 0 Å². The lowest BCUT2D eigenvalue weighted by Crippen LogP contribution is -2.39. The third-order valence-corrected chi connectivity index (χ3v) is 9.68. The zero-order valence-electron chi connectivity index (χ0n) is 26.1. The summed E-state index contributed by atoms with van der Waals surface area (Å²) in [5.74, 6) is -0.123. The quantitative estimate of drug-likeness (QED) is 0.265. The van der Waals surface area contributed by atoms with Crippen molar-refractivity contribution >= 4 is 45.7 Å². The van der Waals surface area contributed by atoms with E-state index in [0.717, 1.165) is 52.6 Å². The highest BCUT2D eigenvalue weighted by molar-refractivity contribution is 6.00. The van der Waals surface area contributed by atoms with Gasteiger partial charge in [-0.15, -0.1) is 0 Å². The van der Waals surface area contributed by atoms with E-state index in [2.05, 4.69) is 15.6 Å². The van der Waals surface area contributed by atoms with Gasteiger partial charge in [-0.05, 0) is 90.2 Å². The number of carbonyl (C=O) groups excluding carboxylic acids is 3. The van der Waals surface area contributed by atoms with Gasteiger partial charge < -0.3 is 24.8 Å². The normalized spacial score (nSPS) is 23.2. The summed E-state index contributed by atoms with van der Waals surface area (Å²) < 4.78 is 5.61. The molecular weight excluding hydrogens is 582 g/mol. The van der Waals surface area contributed by atoms with Gasteiger partial charge in [-0.2, -0.15) is 0 Å². The number of nitrogens with one attached hydrogen (secondary N) is 3. The Kier molecular flexibility index (Phi) is 7.50. The predicted molar refractivity (Wildman–Crippen MR) is 177 cm³/mol. The zero-order chi connectivity index (χ0) is 32.1. The molecular formula is C36H37N5O5. The standard InChI is InChI=1S/C36H37N5O5/c1-20-14-23-6-10-29(20)21(2)19-46-36(45)39-26-8-11-31(41-28-9-5-24(16-28)34(41)43)25(15-26)18-40(3)35(44)32(23)38-27-7-4-22-12-13-37-33(42)30(22)17-27/h4,6-8,10-15,17,21,24,28,32,38H,5,9,16,18-19H2,1-3H3,(H,37,42)(H,39,45)/t21-,24-,28+,32+/m0/s1. The number of aryl methyl sites for hydroxylation is 1. The molecule has 0 radical (unpaired) electrons. The van der Waals surface area contributed by atoms with Crippen LogP contribution in [-0.2, 0) is 20.9 Å². The van der Waals surface area contributed by atoms with Crippen LogP contribution >= 0.6 is 0 Å². The minimum Gasteiger partial charge on any atom is -0.449 e. The van der Waals surface area contributed by atoms with Crippen molar-refractivity contribution in [2.45, 2.75) is 57.7 Å². The number of aromatic amines is 1. The van der Waals surface area contributed by atoms with Crippen molar-refractivity contribution in [1.29, 1.82) is 0 Å². The highest BCUT2D eigenvalue weighted by atomic mass is 16.5. The zero-order valence-corrected chi connectivity index (χ0v) is 26.1. The van der Waals surface area contributed by atoms with E-state index in [-0.39, 0.29) is 48.4 Å². The van der Waals surface area contributed by atoms with Crippen LogP contribution in [0, 0.1) is 12.8 Å². The fourth-order valence-electron chi connectivity index (χ4n) is 7.29. The van der Waals surface area contributed by atoms with Crippen molar-refractivity contribution in [2.24, 2.45) is 5.92 Å². The van der Waals surface area contributed by atoms with Crippen molar-refractivity contribution in [2.75, 3.05) is 29.2 Å². The molecule has 0 spiro atoms. The Hall–Kier alpha value is -5.12. The lowest BCUT2D eigenvalue weighted by Gasteiger charge is -2.32. The first-order valence-electron chi connectivity index (χ1n) is 15.8. The first kappa shape index (κ1) is 29.6. The van der Waals surface area contributed by atoms with Gasteiger partial charge in [0, 0.05) is 60.1 Å². The molecule has 3 aromatic carbocycles. The fourth-order valence-corrected chi connectivity index (χ4v) is 7.29. The molecule has 1 aliphatic carbocycles. The maximum Gasteiger partial charge on any atom is 0.411 e. The lowest BCUT2D eigenvalue weighted by atomic mass is 9.93. The molecule has 46 heavy (non-hydrogen) atoms. The maximum absolute atomic E-state index is 14.4. The van der Waals surface area contributed by atoms with Gasteiger partial charge in [-0.3, -0.25) is 19.7 Å². The van der Waals surface area contributed by atoms with E-state index in [9.17, 15) is 19.2 Å². The van der Waals surface area contributed by atoms with Crippen LogP contribution in [0.5, 0.6) is 0 Å². The van der Waals surface area contributed by atoms with Gasteiger partial charge in [0.25, 0.3) is 5.56 Å². The van der Waals surface area contributed by atoms with Gasteiger partial charge in [-0.25, -0.2) is 4.79 Å². The molecule has 6 bridgehead atoms. The van der Waals surface area contributed by atoms with E-state index in [1.165, 1.54) is 0 Å². The molecule has 10 heteroatoms. The summed E-state index contributed by atoms with van der Waals surface area (Å²) in [6.45, 7) is 4.35. The van der Waals surface area contributed by atoms with Gasteiger partial charge in [0.2, 0.25) is 11.8 Å². The van der Waals surface area contributed by atoms with E-state index in [1.54, 1.807) is 30.3 Å². The molecule has 1 saturated carbocycles. The van der Waals surface area contributed by atoms with Crippen molar-refractivity contribution < 1.29 is 19.1 Å². The Morgan fingerprint density at radius 3 is 2.57 bits per heavy atom. The van der Waals surface area contributed by atoms with Gasteiger partial charge in [0.1, 0.15) is 6.04 Å². The number of hydrogen-bond donors (Lipinski definition) is 3. The molecule has 2 fully saturated rings. The van der Waals surface area contributed by atoms with Gasteiger partial charge in [-0.1, -0.05) is 31.2 Å². The summed E-state index contributed by atoms with van der Waals surface area (Å²) in [5.41, 5.74) is 5.20. The van der Waals surface area contributed by atoms with Crippen LogP contribution in [0.2, 0.25) is 0 Å².